The molecule has 1 heterocycles. The molecule has 0 spiro atoms. The highest BCUT2D eigenvalue weighted by Gasteiger charge is 2.06. The number of aromatic nitrogens is 1. The fourth-order valence-electron chi connectivity index (χ4n) is 1.66. The van der Waals surface area contributed by atoms with Crippen LogP contribution < -0.4 is 5.32 Å². The zero-order chi connectivity index (χ0) is 13.8. The zero-order valence-electron chi connectivity index (χ0n) is 10.9. The highest BCUT2D eigenvalue weighted by Crippen LogP contribution is 2.20. The Bertz CT molecular complexity index is 595. The van der Waals surface area contributed by atoms with E-state index in [2.05, 4.69) is 26.2 Å². The number of carbonyl (C=O) groups excluding carboxylic acids is 1. The molecule has 0 fully saturated rings. The summed E-state index contributed by atoms with van der Waals surface area (Å²) in [6.45, 7) is 3.98. The third kappa shape index (κ3) is 4.14. The number of carbonyl (C=O) groups is 1. The molecule has 0 aliphatic heterocycles. The molecule has 0 radical (unpaired) electrons. The van der Waals surface area contributed by atoms with Crippen LogP contribution in [-0.4, -0.2) is 10.9 Å². The SMILES string of the molecule is Cc1nc(CCC(=O)Nc2ccc(C)c(Br)c2)cs1. The molecular formula is C14H15BrN2OS. The Morgan fingerprint density at radius 2 is 2.21 bits per heavy atom. The van der Waals surface area contributed by atoms with Crippen LogP contribution in [0, 0.1) is 13.8 Å². The van der Waals surface area contributed by atoms with Gasteiger partial charge in [0.05, 0.1) is 10.7 Å². The molecule has 1 amide bonds. The quantitative estimate of drug-likeness (QED) is 0.911. The van der Waals surface area contributed by atoms with E-state index in [9.17, 15) is 4.79 Å². The molecule has 1 aromatic heterocycles. The number of aryl methyl sites for hydroxylation is 3. The molecule has 0 saturated heterocycles. The van der Waals surface area contributed by atoms with Crippen molar-refractivity contribution in [3.05, 3.63) is 44.3 Å². The van der Waals surface area contributed by atoms with E-state index < -0.39 is 0 Å². The molecule has 19 heavy (non-hydrogen) atoms. The van der Waals surface area contributed by atoms with E-state index in [0.717, 1.165) is 26.4 Å². The number of anilines is 1. The van der Waals surface area contributed by atoms with E-state index in [4.69, 9.17) is 0 Å². The summed E-state index contributed by atoms with van der Waals surface area (Å²) in [5, 5.41) is 5.94. The summed E-state index contributed by atoms with van der Waals surface area (Å²) >= 11 is 5.07. The number of benzene rings is 1. The molecule has 0 bridgehead atoms. The van der Waals surface area contributed by atoms with Gasteiger partial charge in [0.25, 0.3) is 0 Å². The van der Waals surface area contributed by atoms with Crippen LogP contribution in [0.2, 0.25) is 0 Å². The number of nitrogens with zero attached hydrogens (tertiary/aromatic N) is 1. The summed E-state index contributed by atoms with van der Waals surface area (Å²) < 4.78 is 1.00. The summed E-state index contributed by atoms with van der Waals surface area (Å²) in [5.41, 5.74) is 2.95. The lowest BCUT2D eigenvalue weighted by molar-refractivity contribution is -0.116. The average Bonchev–Trinajstić information content (AvgIpc) is 2.77. The maximum atomic E-state index is 11.8. The normalized spacial score (nSPS) is 10.5. The molecule has 100 valence electrons. The minimum Gasteiger partial charge on any atom is -0.326 e. The van der Waals surface area contributed by atoms with Gasteiger partial charge >= 0.3 is 0 Å². The molecule has 2 rings (SSSR count). The first kappa shape index (κ1) is 14.2. The number of rotatable bonds is 4. The van der Waals surface area contributed by atoms with Crippen molar-refractivity contribution >= 4 is 38.9 Å². The third-order valence-corrected chi connectivity index (χ3v) is 4.41. The Morgan fingerprint density at radius 1 is 1.42 bits per heavy atom. The molecule has 0 unspecified atom stereocenters. The van der Waals surface area contributed by atoms with Gasteiger partial charge in [-0.25, -0.2) is 4.98 Å². The third-order valence-electron chi connectivity index (χ3n) is 2.73. The average molecular weight is 339 g/mol. The molecule has 3 nitrogen and oxygen atoms in total. The Balaban J connectivity index is 1.88. The number of hydrogen-bond donors (Lipinski definition) is 1. The summed E-state index contributed by atoms with van der Waals surface area (Å²) in [7, 11) is 0. The van der Waals surface area contributed by atoms with Crippen LogP contribution in [0.25, 0.3) is 0 Å². The standard InChI is InChI=1S/C14H15BrN2OS/c1-9-3-4-11(7-13(9)15)17-14(18)6-5-12-8-19-10(2)16-12/h3-4,7-8H,5-6H2,1-2H3,(H,17,18). The van der Waals surface area contributed by atoms with Gasteiger partial charge in [0.15, 0.2) is 0 Å². The van der Waals surface area contributed by atoms with E-state index in [1.165, 1.54) is 0 Å². The lowest BCUT2D eigenvalue weighted by Crippen LogP contribution is -2.12. The van der Waals surface area contributed by atoms with Crippen molar-refractivity contribution in [1.82, 2.24) is 4.98 Å². The predicted molar refractivity (Wildman–Crippen MR) is 82.7 cm³/mol. The number of hydrogen-bond acceptors (Lipinski definition) is 3. The predicted octanol–water partition coefficient (Wildman–Crippen LogP) is 4.09. The second-order valence-corrected chi connectivity index (χ2v) is 6.29. The minimum atomic E-state index is 0.0152. The van der Waals surface area contributed by atoms with Crippen molar-refractivity contribution in [3.63, 3.8) is 0 Å². The van der Waals surface area contributed by atoms with Gasteiger partial charge in [0, 0.05) is 22.0 Å². The van der Waals surface area contributed by atoms with Crippen LogP contribution in [-0.2, 0) is 11.2 Å². The van der Waals surface area contributed by atoms with Gasteiger partial charge in [-0.2, -0.15) is 0 Å². The first-order valence-electron chi connectivity index (χ1n) is 6.01. The lowest BCUT2D eigenvalue weighted by atomic mass is 10.2. The van der Waals surface area contributed by atoms with E-state index in [1.54, 1.807) is 11.3 Å². The molecular weight excluding hydrogens is 324 g/mol. The van der Waals surface area contributed by atoms with E-state index in [-0.39, 0.29) is 5.91 Å². The van der Waals surface area contributed by atoms with Crippen molar-refractivity contribution in [1.29, 1.82) is 0 Å². The lowest BCUT2D eigenvalue weighted by Gasteiger charge is -2.06. The Morgan fingerprint density at radius 3 is 2.84 bits per heavy atom. The van der Waals surface area contributed by atoms with E-state index >= 15 is 0 Å². The first-order chi connectivity index (χ1) is 9.04. The smallest absolute Gasteiger partial charge is 0.224 e. The van der Waals surface area contributed by atoms with Gasteiger partial charge in [-0.15, -0.1) is 11.3 Å². The van der Waals surface area contributed by atoms with E-state index in [1.807, 2.05) is 37.4 Å². The van der Waals surface area contributed by atoms with Gasteiger partial charge in [-0.05, 0) is 38.0 Å². The van der Waals surface area contributed by atoms with Crippen molar-refractivity contribution in [2.24, 2.45) is 0 Å². The summed E-state index contributed by atoms with van der Waals surface area (Å²) in [4.78, 5) is 16.2. The summed E-state index contributed by atoms with van der Waals surface area (Å²) in [5.74, 6) is 0.0152. The Kier molecular flexibility index (Phi) is 4.71. The largest absolute Gasteiger partial charge is 0.326 e. The minimum absolute atomic E-state index is 0.0152. The molecule has 0 saturated carbocycles. The Hall–Kier alpha value is -1.20. The second kappa shape index (κ2) is 6.30. The maximum absolute atomic E-state index is 11.8. The maximum Gasteiger partial charge on any atom is 0.224 e. The van der Waals surface area contributed by atoms with Crippen LogP contribution in [0.3, 0.4) is 0 Å². The summed E-state index contributed by atoms with van der Waals surface area (Å²) in [6.07, 6.45) is 1.14. The first-order valence-corrected chi connectivity index (χ1v) is 7.69. The van der Waals surface area contributed by atoms with Gasteiger partial charge in [0.1, 0.15) is 0 Å². The number of amides is 1. The van der Waals surface area contributed by atoms with Crippen LogP contribution in [0.4, 0.5) is 5.69 Å². The van der Waals surface area contributed by atoms with Gasteiger partial charge in [0.2, 0.25) is 5.91 Å². The molecule has 0 aliphatic carbocycles. The number of thiazole rings is 1. The van der Waals surface area contributed by atoms with Crippen LogP contribution >= 0.6 is 27.3 Å². The van der Waals surface area contributed by atoms with Crippen molar-refractivity contribution in [2.75, 3.05) is 5.32 Å². The van der Waals surface area contributed by atoms with Gasteiger partial charge in [-0.3, -0.25) is 4.79 Å². The van der Waals surface area contributed by atoms with Gasteiger partial charge < -0.3 is 5.32 Å². The molecule has 1 aromatic carbocycles. The van der Waals surface area contributed by atoms with Gasteiger partial charge in [-0.1, -0.05) is 22.0 Å². The topological polar surface area (TPSA) is 42.0 Å². The van der Waals surface area contributed by atoms with Crippen LogP contribution in [0.5, 0.6) is 0 Å². The van der Waals surface area contributed by atoms with Crippen LogP contribution in [0.15, 0.2) is 28.1 Å². The van der Waals surface area contributed by atoms with Crippen molar-refractivity contribution in [2.45, 2.75) is 26.7 Å². The molecule has 0 aliphatic rings. The molecule has 0 atom stereocenters. The van der Waals surface area contributed by atoms with E-state index in [0.29, 0.717) is 12.8 Å². The monoisotopic (exact) mass is 338 g/mol. The Labute approximate surface area is 125 Å². The molecule has 5 heteroatoms. The number of nitrogens with one attached hydrogen (secondary N) is 1. The summed E-state index contributed by atoms with van der Waals surface area (Å²) in [6, 6.07) is 5.80. The second-order valence-electron chi connectivity index (χ2n) is 4.37. The highest BCUT2D eigenvalue weighted by molar-refractivity contribution is 9.10. The fourth-order valence-corrected chi connectivity index (χ4v) is 2.68. The molecule has 2 aromatic rings. The van der Waals surface area contributed by atoms with Crippen molar-refractivity contribution in [3.8, 4) is 0 Å². The fraction of sp³-hybridized carbons (Fsp3) is 0.286. The number of halogens is 1. The molecule has 1 N–H and O–H groups in total. The zero-order valence-corrected chi connectivity index (χ0v) is 13.3. The highest BCUT2D eigenvalue weighted by atomic mass is 79.9. The van der Waals surface area contributed by atoms with Crippen molar-refractivity contribution < 1.29 is 4.79 Å². The van der Waals surface area contributed by atoms with Crippen LogP contribution in [0.1, 0.15) is 22.7 Å².